The van der Waals surface area contributed by atoms with Crippen molar-refractivity contribution in [3.8, 4) is 0 Å². The minimum Gasteiger partial charge on any atom is -0.384 e. The summed E-state index contributed by atoms with van der Waals surface area (Å²) in [6.07, 6.45) is 4.65. The van der Waals surface area contributed by atoms with Gasteiger partial charge in [0.2, 0.25) is 5.65 Å². The Morgan fingerprint density at radius 3 is 2.63 bits per heavy atom. The van der Waals surface area contributed by atoms with E-state index in [1.54, 1.807) is 5.56 Å². The molecule has 4 aromatic rings. The van der Waals surface area contributed by atoms with Gasteiger partial charge in [0.05, 0.1) is 0 Å². The summed E-state index contributed by atoms with van der Waals surface area (Å²) in [5.41, 5.74) is 13.0. The van der Waals surface area contributed by atoms with Gasteiger partial charge in [-0.2, -0.15) is 10.3 Å². The molecule has 152 valence electrons. The van der Waals surface area contributed by atoms with E-state index in [1.807, 2.05) is 6.07 Å². The Hall–Kier alpha value is -3.21. The van der Waals surface area contributed by atoms with Crippen molar-refractivity contribution < 1.29 is 0 Å². The fourth-order valence-electron chi connectivity index (χ4n) is 5.19. The number of H-pyrrole nitrogens is 1. The molecule has 0 spiro atoms. The second kappa shape index (κ2) is 7.90. The third-order valence-electron chi connectivity index (χ3n) is 6.57. The third kappa shape index (κ3) is 3.45. The summed E-state index contributed by atoms with van der Waals surface area (Å²) in [6, 6.07) is 21.6. The molecule has 2 aromatic carbocycles. The molecule has 30 heavy (non-hydrogen) atoms. The van der Waals surface area contributed by atoms with Gasteiger partial charge in [0, 0.05) is 5.92 Å². The van der Waals surface area contributed by atoms with Crippen molar-refractivity contribution in [3.63, 3.8) is 0 Å². The molecule has 2 heterocycles. The number of hydrogen-bond donors (Lipinski definition) is 2. The number of anilines is 1. The molecule has 5 heteroatoms. The molecule has 2 unspecified atom stereocenters. The number of benzene rings is 2. The van der Waals surface area contributed by atoms with Gasteiger partial charge in [-0.05, 0) is 59.4 Å². The minimum absolute atomic E-state index is 0.221. The first-order chi connectivity index (χ1) is 14.7. The molecule has 2 aromatic heterocycles. The number of pyridine rings is 1. The number of hydrogen-bond acceptors (Lipinski definition) is 4. The fraction of sp³-hybridized carbons (Fsp3) is 0.320. The fourth-order valence-corrected chi connectivity index (χ4v) is 5.19. The van der Waals surface area contributed by atoms with Gasteiger partial charge in [0.15, 0.2) is 0 Å². The number of aromatic nitrogens is 4. The molecule has 0 saturated carbocycles. The van der Waals surface area contributed by atoms with E-state index >= 15 is 0 Å². The van der Waals surface area contributed by atoms with E-state index in [4.69, 9.17) is 5.73 Å². The number of rotatable bonds is 6. The van der Waals surface area contributed by atoms with E-state index in [-0.39, 0.29) is 5.92 Å². The summed E-state index contributed by atoms with van der Waals surface area (Å²) in [5, 5.41) is 11.3. The van der Waals surface area contributed by atoms with Gasteiger partial charge in [0.25, 0.3) is 0 Å². The Morgan fingerprint density at radius 2 is 1.80 bits per heavy atom. The van der Waals surface area contributed by atoms with Gasteiger partial charge in [0.1, 0.15) is 11.3 Å². The van der Waals surface area contributed by atoms with E-state index in [0.717, 1.165) is 23.9 Å². The van der Waals surface area contributed by atoms with E-state index in [1.165, 1.54) is 24.0 Å². The SMILES string of the molecule is CC1C[C@H](CCCC(c2ccccc2)c2cc(N)nc3n[nH]nc23)c2ccccc21. The lowest BCUT2D eigenvalue weighted by Crippen LogP contribution is -2.06. The molecule has 0 radical (unpaired) electrons. The lowest BCUT2D eigenvalue weighted by atomic mass is 9.85. The Balaban J connectivity index is 1.41. The summed E-state index contributed by atoms with van der Waals surface area (Å²) >= 11 is 0. The highest BCUT2D eigenvalue weighted by atomic mass is 15.3. The highest BCUT2D eigenvalue weighted by molar-refractivity contribution is 5.77. The van der Waals surface area contributed by atoms with Gasteiger partial charge in [-0.25, -0.2) is 4.98 Å². The maximum Gasteiger partial charge on any atom is 0.203 e. The van der Waals surface area contributed by atoms with Crippen molar-refractivity contribution in [2.45, 2.75) is 50.4 Å². The van der Waals surface area contributed by atoms with Gasteiger partial charge >= 0.3 is 0 Å². The standard InChI is InChI=1S/C25H27N5/c1-16-14-18(21-12-6-5-11-19(16)21)10-7-13-20(17-8-3-2-4-9-17)22-15-23(26)27-25-24(22)28-30-29-25/h2-6,8-9,11-12,15-16,18,20H,7,10,13-14H2,1H3,(H3,26,27,28,29,30)/t16?,18-,20?/m0/s1. The van der Waals surface area contributed by atoms with Crippen LogP contribution < -0.4 is 5.73 Å². The van der Waals surface area contributed by atoms with E-state index in [0.29, 0.717) is 23.3 Å². The summed E-state index contributed by atoms with van der Waals surface area (Å²) in [6.45, 7) is 2.35. The molecule has 1 aliphatic carbocycles. The topological polar surface area (TPSA) is 80.5 Å². The number of nitrogens with one attached hydrogen (secondary N) is 1. The average molecular weight is 398 g/mol. The summed E-state index contributed by atoms with van der Waals surface area (Å²) < 4.78 is 0. The van der Waals surface area contributed by atoms with Gasteiger partial charge in [-0.1, -0.05) is 67.9 Å². The van der Waals surface area contributed by atoms with Crippen LogP contribution in [-0.2, 0) is 0 Å². The van der Waals surface area contributed by atoms with E-state index in [2.05, 4.69) is 81.9 Å². The Morgan fingerprint density at radius 1 is 1.03 bits per heavy atom. The molecule has 3 N–H and O–H groups in total. The van der Waals surface area contributed by atoms with Crippen LogP contribution in [0.5, 0.6) is 0 Å². The second-order valence-electron chi connectivity index (χ2n) is 8.49. The smallest absolute Gasteiger partial charge is 0.203 e. The van der Waals surface area contributed by atoms with Crippen LogP contribution in [0.1, 0.15) is 72.6 Å². The molecular weight excluding hydrogens is 370 g/mol. The molecule has 0 aliphatic heterocycles. The van der Waals surface area contributed by atoms with Crippen molar-refractivity contribution >= 4 is 17.0 Å². The monoisotopic (exact) mass is 397 g/mol. The molecule has 0 amide bonds. The van der Waals surface area contributed by atoms with Gasteiger partial charge < -0.3 is 5.73 Å². The maximum absolute atomic E-state index is 6.10. The second-order valence-corrected chi connectivity index (χ2v) is 8.49. The van der Waals surface area contributed by atoms with Crippen LogP contribution in [0.25, 0.3) is 11.2 Å². The predicted molar refractivity (Wildman–Crippen MR) is 120 cm³/mol. The molecule has 1 aliphatic rings. The zero-order valence-corrected chi connectivity index (χ0v) is 17.3. The summed E-state index contributed by atoms with van der Waals surface area (Å²) in [4.78, 5) is 4.32. The van der Waals surface area contributed by atoms with Crippen molar-refractivity contribution in [3.05, 3.63) is 82.9 Å². The lowest BCUT2D eigenvalue weighted by molar-refractivity contribution is 0.527. The van der Waals surface area contributed by atoms with Crippen molar-refractivity contribution in [1.82, 2.24) is 20.4 Å². The number of nitrogens with zero attached hydrogens (tertiary/aromatic N) is 3. The van der Waals surface area contributed by atoms with E-state index in [9.17, 15) is 0 Å². The van der Waals surface area contributed by atoms with Crippen LogP contribution >= 0.6 is 0 Å². The van der Waals surface area contributed by atoms with Crippen molar-refractivity contribution in [2.24, 2.45) is 0 Å². The van der Waals surface area contributed by atoms with Crippen LogP contribution in [0.15, 0.2) is 60.7 Å². The highest BCUT2D eigenvalue weighted by Crippen LogP contribution is 2.44. The predicted octanol–water partition coefficient (Wildman–Crippen LogP) is 5.53. The molecule has 5 nitrogen and oxygen atoms in total. The van der Waals surface area contributed by atoms with Crippen LogP contribution in [0, 0.1) is 0 Å². The zero-order chi connectivity index (χ0) is 20.5. The number of aromatic amines is 1. The number of fused-ring (bicyclic) bond motifs is 2. The first kappa shape index (κ1) is 18.8. The normalized spacial score (nSPS) is 19.1. The largest absolute Gasteiger partial charge is 0.384 e. The Labute approximate surface area is 176 Å². The molecule has 0 saturated heterocycles. The van der Waals surface area contributed by atoms with Crippen molar-refractivity contribution in [1.29, 1.82) is 0 Å². The first-order valence-electron chi connectivity index (χ1n) is 10.8. The summed E-state index contributed by atoms with van der Waals surface area (Å²) in [7, 11) is 0. The third-order valence-corrected chi connectivity index (χ3v) is 6.57. The molecule has 3 atom stereocenters. The van der Waals surface area contributed by atoms with E-state index < -0.39 is 0 Å². The average Bonchev–Trinajstić information content (AvgIpc) is 3.36. The number of nitrogens with two attached hydrogens (primary N) is 1. The summed E-state index contributed by atoms with van der Waals surface area (Å²) in [5.74, 6) is 2.03. The van der Waals surface area contributed by atoms with Gasteiger partial charge in [-0.15, -0.1) is 5.10 Å². The minimum atomic E-state index is 0.221. The number of nitrogen functional groups attached to an aromatic ring is 1. The van der Waals surface area contributed by atoms with Crippen LogP contribution in [0.3, 0.4) is 0 Å². The first-order valence-corrected chi connectivity index (χ1v) is 10.8. The molecular formula is C25H27N5. The van der Waals surface area contributed by atoms with Gasteiger partial charge in [-0.3, -0.25) is 0 Å². The maximum atomic E-state index is 6.10. The Bertz CT molecular complexity index is 1150. The Kier molecular flexibility index (Phi) is 4.95. The van der Waals surface area contributed by atoms with Crippen LogP contribution in [0.4, 0.5) is 5.82 Å². The zero-order valence-electron chi connectivity index (χ0n) is 17.3. The lowest BCUT2D eigenvalue weighted by Gasteiger charge is -2.20. The quantitative estimate of drug-likeness (QED) is 0.448. The van der Waals surface area contributed by atoms with Crippen LogP contribution in [0.2, 0.25) is 0 Å². The molecule has 0 fully saturated rings. The highest BCUT2D eigenvalue weighted by Gasteiger charge is 2.28. The van der Waals surface area contributed by atoms with Crippen LogP contribution in [-0.4, -0.2) is 20.4 Å². The van der Waals surface area contributed by atoms with Crippen molar-refractivity contribution in [2.75, 3.05) is 5.73 Å². The molecule has 0 bridgehead atoms. The molecule has 5 rings (SSSR count).